The van der Waals surface area contributed by atoms with Gasteiger partial charge in [0.05, 0.1) is 6.04 Å². The van der Waals surface area contributed by atoms with Crippen LogP contribution in [0.1, 0.15) is 17.2 Å². The van der Waals surface area contributed by atoms with Crippen molar-refractivity contribution in [3.05, 3.63) is 53.5 Å². The molecular formula is C11H9Br3N2S. The summed E-state index contributed by atoms with van der Waals surface area (Å²) in [5.41, 5.74) is 5.10. The fraction of sp³-hybridized carbons (Fsp3) is 0.0909. The number of rotatable bonds is 3. The smallest absolute Gasteiger partial charge is 0.0729 e. The second-order valence-corrected chi connectivity index (χ2v) is 6.91. The highest BCUT2D eigenvalue weighted by atomic mass is 79.9. The maximum Gasteiger partial charge on any atom is 0.0729 e. The Morgan fingerprint density at radius 1 is 1.06 bits per heavy atom. The molecule has 6 heteroatoms. The summed E-state index contributed by atoms with van der Waals surface area (Å²) in [6, 6.07) is 6.09. The number of hydrazine groups is 1. The van der Waals surface area contributed by atoms with Gasteiger partial charge in [-0.05, 0) is 50.6 Å². The molecule has 0 aliphatic heterocycles. The normalized spacial score (nSPS) is 12.7. The summed E-state index contributed by atoms with van der Waals surface area (Å²) < 4.78 is 3.11. The molecule has 0 saturated heterocycles. The van der Waals surface area contributed by atoms with Crippen LogP contribution in [0.25, 0.3) is 0 Å². The van der Waals surface area contributed by atoms with E-state index in [1.54, 1.807) is 11.3 Å². The first-order valence-electron chi connectivity index (χ1n) is 4.75. The zero-order valence-corrected chi connectivity index (χ0v) is 14.2. The molecule has 0 saturated carbocycles. The average Bonchev–Trinajstić information content (AvgIpc) is 2.65. The van der Waals surface area contributed by atoms with Gasteiger partial charge in [-0.25, -0.2) is 5.43 Å². The van der Waals surface area contributed by atoms with Gasteiger partial charge in [-0.1, -0.05) is 31.9 Å². The summed E-state index contributed by atoms with van der Waals surface area (Å²) in [7, 11) is 0. The first-order chi connectivity index (χ1) is 8.11. The van der Waals surface area contributed by atoms with Crippen LogP contribution < -0.4 is 11.3 Å². The first kappa shape index (κ1) is 13.7. The van der Waals surface area contributed by atoms with E-state index in [0.717, 1.165) is 24.5 Å². The Balaban J connectivity index is 2.45. The Kier molecular flexibility index (Phi) is 4.80. The van der Waals surface area contributed by atoms with Crippen LogP contribution in [0.2, 0.25) is 0 Å². The summed E-state index contributed by atoms with van der Waals surface area (Å²) in [6.07, 6.45) is 0. The predicted octanol–water partition coefficient (Wildman–Crippen LogP) is 4.59. The van der Waals surface area contributed by atoms with E-state index in [2.05, 4.69) is 70.7 Å². The van der Waals surface area contributed by atoms with Crippen molar-refractivity contribution < 1.29 is 0 Å². The van der Waals surface area contributed by atoms with Crippen LogP contribution in [0.15, 0.2) is 42.4 Å². The number of halogens is 3. The number of benzene rings is 1. The standard InChI is InChI=1S/C11H9Br3N2S/c12-7-1-6(2-8(13)3-7)11(16-15)9-4-17-5-10(9)14/h1-5,11,16H,15H2. The van der Waals surface area contributed by atoms with Gasteiger partial charge in [-0.15, -0.1) is 0 Å². The van der Waals surface area contributed by atoms with Gasteiger partial charge in [-0.3, -0.25) is 5.84 Å². The van der Waals surface area contributed by atoms with Crippen molar-refractivity contribution in [1.82, 2.24) is 5.43 Å². The third-order valence-corrected chi connectivity index (χ3v) is 5.01. The van der Waals surface area contributed by atoms with Crippen molar-refractivity contribution in [3.63, 3.8) is 0 Å². The van der Waals surface area contributed by atoms with E-state index >= 15 is 0 Å². The fourth-order valence-corrected chi connectivity index (χ4v) is 4.49. The van der Waals surface area contributed by atoms with Gasteiger partial charge in [-0.2, -0.15) is 11.3 Å². The maximum atomic E-state index is 5.67. The molecular weight excluding hydrogens is 432 g/mol. The largest absolute Gasteiger partial charge is 0.271 e. The van der Waals surface area contributed by atoms with Crippen LogP contribution >= 0.6 is 59.1 Å². The highest BCUT2D eigenvalue weighted by Crippen LogP contribution is 2.33. The Bertz CT molecular complexity index is 507. The zero-order chi connectivity index (χ0) is 12.4. The van der Waals surface area contributed by atoms with Gasteiger partial charge in [0.15, 0.2) is 0 Å². The van der Waals surface area contributed by atoms with Gasteiger partial charge >= 0.3 is 0 Å². The van der Waals surface area contributed by atoms with E-state index in [1.807, 2.05) is 11.4 Å². The molecule has 0 amide bonds. The molecule has 0 aliphatic rings. The molecule has 3 N–H and O–H groups in total. The van der Waals surface area contributed by atoms with Crippen molar-refractivity contribution in [1.29, 1.82) is 0 Å². The molecule has 0 radical (unpaired) electrons. The lowest BCUT2D eigenvalue weighted by atomic mass is 10.0. The summed E-state index contributed by atoms with van der Waals surface area (Å²) in [5.74, 6) is 5.67. The van der Waals surface area contributed by atoms with E-state index < -0.39 is 0 Å². The Labute approximate surface area is 129 Å². The summed E-state index contributed by atoms with van der Waals surface area (Å²) >= 11 is 12.1. The van der Waals surface area contributed by atoms with Crippen molar-refractivity contribution in [2.75, 3.05) is 0 Å². The van der Waals surface area contributed by atoms with Crippen LogP contribution in [0.5, 0.6) is 0 Å². The Hall–Kier alpha value is 0.280. The van der Waals surface area contributed by atoms with Crippen molar-refractivity contribution in [2.45, 2.75) is 6.04 Å². The molecule has 2 rings (SSSR count). The van der Waals surface area contributed by atoms with Crippen molar-refractivity contribution >= 4 is 59.1 Å². The van der Waals surface area contributed by atoms with Gasteiger partial charge in [0.25, 0.3) is 0 Å². The van der Waals surface area contributed by atoms with Crippen LogP contribution in [-0.4, -0.2) is 0 Å². The molecule has 2 nitrogen and oxygen atoms in total. The number of nitrogens with two attached hydrogens (primary N) is 1. The lowest BCUT2D eigenvalue weighted by Crippen LogP contribution is -2.28. The van der Waals surface area contributed by atoms with Crippen LogP contribution in [0.3, 0.4) is 0 Å². The minimum atomic E-state index is -0.0237. The molecule has 90 valence electrons. The number of hydrogen-bond donors (Lipinski definition) is 2. The second-order valence-electron chi connectivity index (χ2n) is 3.48. The van der Waals surface area contributed by atoms with Crippen molar-refractivity contribution in [2.24, 2.45) is 5.84 Å². The highest BCUT2D eigenvalue weighted by molar-refractivity contribution is 9.11. The van der Waals surface area contributed by atoms with E-state index in [-0.39, 0.29) is 6.04 Å². The molecule has 1 heterocycles. The Morgan fingerprint density at radius 2 is 1.71 bits per heavy atom. The van der Waals surface area contributed by atoms with E-state index in [9.17, 15) is 0 Å². The minimum Gasteiger partial charge on any atom is -0.271 e. The summed E-state index contributed by atoms with van der Waals surface area (Å²) in [4.78, 5) is 0. The quantitative estimate of drug-likeness (QED) is 0.541. The van der Waals surface area contributed by atoms with E-state index in [4.69, 9.17) is 5.84 Å². The summed E-state index contributed by atoms with van der Waals surface area (Å²) in [5, 5.41) is 4.14. The van der Waals surface area contributed by atoms with Gasteiger partial charge in [0.1, 0.15) is 0 Å². The minimum absolute atomic E-state index is 0.0237. The Morgan fingerprint density at radius 3 is 2.18 bits per heavy atom. The van der Waals surface area contributed by atoms with E-state index in [0.29, 0.717) is 0 Å². The molecule has 0 spiro atoms. The molecule has 1 unspecified atom stereocenters. The number of thiophene rings is 1. The van der Waals surface area contributed by atoms with E-state index in [1.165, 1.54) is 0 Å². The molecule has 17 heavy (non-hydrogen) atoms. The van der Waals surface area contributed by atoms with Crippen molar-refractivity contribution in [3.8, 4) is 0 Å². The second kappa shape index (κ2) is 5.95. The molecule has 0 fully saturated rings. The molecule has 1 atom stereocenters. The van der Waals surface area contributed by atoms with Gasteiger partial charge in [0.2, 0.25) is 0 Å². The summed E-state index contributed by atoms with van der Waals surface area (Å²) in [6.45, 7) is 0. The lowest BCUT2D eigenvalue weighted by molar-refractivity contribution is 0.636. The number of nitrogens with one attached hydrogen (secondary N) is 1. The fourth-order valence-electron chi connectivity index (χ4n) is 1.60. The third-order valence-electron chi connectivity index (χ3n) is 2.34. The van der Waals surface area contributed by atoms with Gasteiger partial charge in [0, 0.05) is 18.8 Å². The third kappa shape index (κ3) is 3.19. The van der Waals surface area contributed by atoms with Crippen LogP contribution in [-0.2, 0) is 0 Å². The maximum absolute atomic E-state index is 5.67. The number of hydrogen-bond acceptors (Lipinski definition) is 3. The van der Waals surface area contributed by atoms with Crippen LogP contribution in [0, 0.1) is 0 Å². The molecule has 1 aromatic heterocycles. The van der Waals surface area contributed by atoms with Gasteiger partial charge < -0.3 is 0 Å². The molecule has 2 aromatic rings. The zero-order valence-electron chi connectivity index (χ0n) is 8.58. The van der Waals surface area contributed by atoms with Crippen LogP contribution in [0.4, 0.5) is 0 Å². The topological polar surface area (TPSA) is 38.0 Å². The molecule has 0 bridgehead atoms. The SMILES string of the molecule is NNC(c1cc(Br)cc(Br)c1)c1cscc1Br. The molecule has 0 aliphatic carbocycles. The molecule has 1 aromatic carbocycles. The average molecular weight is 441 g/mol. The predicted molar refractivity (Wildman–Crippen MR) is 83.0 cm³/mol. The lowest BCUT2D eigenvalue weighted by Gasteiger charge is -2.17. The highest BCUT2D eigenvalue weighted by Gasteiger charge is 2.16. The first-order valence-corrected chi connectivity index (χ1v) is 8.07. The monoisotopic (exact) mass is 438 g/mol.